The molecule has 0 bridgehead atoms. The summed E-state index contributed by atoms with van der Waals surface area (Å²) in [4.78, 5) is 24.9. The van der Waals surface area contributed by atoms with Crippen molar-refractivity contribution in [1.82, 2.24) is 15.0 Å². The van der Waals surface area contributed by atoms with E-state index in [1.165, 1.54) is 7.11 Å². The minimum absolute atomic E-state index is 0.183. The Morgan fingerprint density at radius 2 is 1.68 bits per heavy atom. The van der Waals surface area contributed by atoms with Crippen molar-refractivity contribution in [2.75, 3.05) is 28.4 Å². The Bertz CT molecular complexity index is 1000. The minimum Gasteiger partial charge on any atom is -0.493 e. The number of fused-ring (bicyclic) bond motifs is 1. The number of carbonyl (C=O) groups is 1. The monoisotopic (exact) mass is 385 g/mol. The second-order valence-corrected chi connectivity index (χ2v) is 6.61. The summed E-state index contributed by atoms with van der Waals surface area (Å²) in [6, 6.07) is 3.56. The number of aromatic nitrogens is 3. The van der Waals surface area contributed by atoms with Gasteiger partial charge in [0.2, 0.25) is 5.75 Å². The van der Waals surface area contributed by atoms with Gasteiger partial charge < -0.3 is 23.9 Å². The standard InChI is InChI=1S/C20H23N3O5/c1-20(2,28-6)18(24)12-9-21-19-16(12)23-13(10-22-19)11-7-14(25-3)17(27-5)15(8-11)26-4/h7-10H,1-6H3,(H,21,22). The molecule has 3 aromatic rings. The molecule has 2 aromatic heterocycles. The van der Waals surface area contributed by atoms with Gasteiger partial charge >= 0.3 is 0 Å². The minimum atomic E-state index is -0.973. The molecule has 0 saturated carbocycles. The molecule has 3 rings (SSSR count). The Morgan fingerprint density at radius 1 is 1.04 bits per heavy atom. The van der Waals surface area contributed by atoms with Gasteiger partial charge in [0.25, 0.3) is 0 Å². The van der Waals surface area contributed by atoms with Crippen LogP contribution >= 0.6 is 0 Å². The van der Waals surface area contributed by atoms with Gasteiger partial charge in [0.05, 0.1) is 38.8 Å². The first-order valence-corrected chi connectivity index (χ1v) is 8.60. The molecule has 0 radical (unpaired) electrons. The topological polar surface area (TPSA) is 95.6 Å². The SMILES string of the molecule is COc1cc(-c2cnc3[nH]cc(C(=O)C(C)(C)OC)c3n2)cc(OC)c1OC. The zero-order valence-electron chi connectivity index (χ0n) is 16.7. The maximum absolute atomic E-state index is 12.8. The molecule has 8 nitrogen and oxygen atoms in total. The van der Waals surface area contributed by atoms with E-state index in [0.29, 0.717) is 39.7 Å². The lowest BCUT2D eigenvalue weighted by atomic mass is 9.98. The summed E-state index contributed by atoms with van der Waals surface area (Å²) in [5.41, 5.74) is 1.72. The zero-order valence-corrected chi connectivity index (χ0v) is 16.7. The molecule has 0 fully saturated rings. The molecular formula is C20H23N3O5. The van der Waals surface area contributed by atoms with E-state index in [1.54, 1.807) is 59.7 Å². The number of nitrogens with zero attached hydrogens (tertiary/aromatic N) is 2. The van der Waals surface area contributed by atoms with Gasteiger partial charge in [0.15, 0.2) is 22.9 Å². The van der Waals surface area contributed by atoms with E-state index >= 15 is 0 Å². The summed E-state index contributed by atoms with van der Waals surface area (Å²) in [5, 5.41) is 0. The number of hydrogen-bond acceptors (Lipinski definition) is 7. The molecular weight excluding hydrogens is 362 g/mol. The van der Waals surface area contributed by atoms with Crippen molar-refractivity contribution in [2.24, 2.45) is 0 Å². The molecule has 0 aliphatic rings. The van der Waals surface area contributed by atoms with Crippen LogP contribution in [0.15, 0.2) is 24.5 Å². The third kappa shape index (κ3) is 3.27. The summed E-state index contributed by atoms with van der Waals surface area (Å²) in [6.45, 7) is 3.43. The number of hydrogen-bond donors (Lipinski definition) is 1. The molecule has 0 aliphatic carbocycles. The average Bonchev–Trinajstić information content (AvgIpc) is 3.14. The van der Waals surface area contributed by atoms with Crippen LogP contribution in [0.2, 0.25) is 0 Å². The Morgan fingerprint density at radius 3 is 2.21 bits per heavy atom. The first-order chi connectivity index (χ1) is 13.4. The molecule has 1 N–H and O–H groups in total. The molecule has 0 amide bonds. The van der Waals surface area contributed by atoms with Crippen LogP contribution in [0.1, 0.15) is 24.2 Å². The fourth-order valence-electron chi connectivity index (χ4n) is 2.85. The molecule has 8 heteroatoms. The largest absolute Gasteiger partial charge is 0.493 e. The van der Waals surface area contributed by atoms with Gasteiger partial charge in [-0.05, 0) is 26.0 Å². The molecule has 0 unspecified atom stereocenters. The maximum atomic E-state index is 12.8. The van der Waals surface area contributed by atoms with E-state index < -0.39 is 5.60 Å². The third-order valence-electron chi connectivity index (χ3n) is 4.64. The molecule has 0 atom stereocenters. The number of aromatic amines is 1. The first-order valence-electron chi connectivity index (χ1n) is 8.60. The predicted molar refractivity (Wildman–Crippen MR) is 104 cm³/mol. The number of ether oxygens (including phenoxy) is 4. The second kappa shape index (κ2) is 7.47. The summed E-state index contributed by atoms with van der Waals surface area (Å²) in [7, 11) is 6.14. The maximum Gasteiger partial charge on any atom is 0.203 e. The van der Waals surface area contributed by atoms with Gasteiger partial charge in [0.1, 0.15) is 11.1 Å². The fourth-order valence-corrected chi connectivity index (χ4v) is 2.85. The number of H-pyrrole nitrogens is 1. The van der Waals surface area contributed by atoms with Gasteiger partial charge in [-0.15, -0.1) is 0 Å². The first kappa shape index (κ1) is 19.6. The lowest BCUT2D eigenvalue weighted by Gasteiger charge is -2.20. The predicted octanol–water partition coefficient (Wildman–Crippen LogP) is 3.26. The van der Waals surface area contributed by atoms with Crippen LogP contribution in [-0.2, 0) is 4.74 Å². The fraction of sp³-hybridized carbons (Fsp3) is 0.350. The van der Waals surface area contributed by atoms with Crippen LogP contribution in [0, 0.1) is 0 Å². The van der Waals surface area contributed by atoms with Gasteiger partial charge in [0, 0.05) is 18.9 Å². The zero-order chi connectivity index (χ0) is 20.5. The lowest BCUT2D eigenvalue weighted by Crippen LogP contribution is -2.33. The average molecular weight is 385 g/mol. The van der Waals surface area contributed by atoms with Crippen LogP contribution in [0.25, 0.3) is 22.4 Å². The van der Waals surface area contributed by atoms with E-state index in [2.05, 4.69) is 15.0 Å². The van der Waals surface area contributed by atoms with Crippen molar-refractivity contribution in [3.63, 3.8) is 0 Å². The highest BCUT2D eigenvalue weighted by Gasteiger charge is 2.31. The van der Waals surface area contributed by atoms with Crippen molar-refractivity contribution >= 4 is 16.9 Å². The van der Waals surface area contributed by atoms with Crippen LogP contribution < -0.4 is 14.2 Å². The van der Waals surface area contributed by atoms with Crippen molar-refractivity contribution in [1.29, 1.82) is 0 Å². The summed E-state index contributed by atoms with van der Waals surface area (Å²) in [5.74, 6) is 1.31. The van der Waals surface area contributed by atoms with E-state index in [9.17, 15) is 4.79 Å². The Kier molecular flexibility index (Phi) is 5.24. The van der Waals surface area contributed by atoms with Gasteiger partial charge in [-0.25, -0.2) is 9.97 Å². The van der Waals surface area contributed by atoms with Gasteiger partial charge in [-0.2, -0.15) is 0 Å². The highest BCUT2D eigenvalue weighted by molar-refractivity contribution is 6.10. The van der Waals surface area contributed by atoms with Crippen molar-refractivity contribution < 1.29 is 23.7 Å². The van der Waals surface area contributed by atoms with Gasteiger partial charge in [-0.3, -0.25) is 4.79 Å². The Labute approximate surface area is 162 Å². The van der Waals surface area contributed by atoms with E-state index in [4.69, 9.17) is 18.9 Å². The Hall–Kier alpha value is -3.13. The number of benzene rings is 1. The van der Waals surface area contributed by atoms with E-state index in [1.807, 2.05) is 0 Å². The number of carbonyl (C=O) groups excluding carboxylic acids is 1. The van der Waals surface area contributed by atoms with Gasteiger partial charge in [-0.1, -0.05) is 0 Å². The lowest BCUT2D eigenvalue weighted by molar-refractivity contribution is 0.0229. The van der Waals surface area contributed by atoms with Crippen molar-refractivity contribution in [3.8, 4) is 28.5 Å². The normalized spacial score (nSPS) is 11.5. The highest BCUT2D eigenvalue weighted by Crippen LogP contribution is 2.41. The third-order valence-corrected chi connectivity index (χ3v) is 4.64. The van der Waals surface area contributed by atoms with Crippen LogP contribution in [0.4, 0.5) is 0 Å². The number of ketones is 1. The number of Topliss-reactive ketones (excluding diaryl/α,β-unsaturated/α-hetero) is 1. The molecule has 148 valence electrons. The quantitative estimate of drug-likeness (QED) is 0.624. The molecule has 1 aromatic carbocycles. The molecule has 0 saturated heterocycles. The van der Waals surface area contributed by atoms with Crippen molar-refractivity contribution in [3.05, 3.63) is 30.1 Å². The number of rotatable bonds is 7. The van der Waals surface area contributed by atoms with Crippen LogP contribution in [0.5, 0.6) is 17.2 Å². The summed E-state index contributed by atoms with van der Waals surface area (Å²) >= 11 is 0. The Balaban J connectivity index is 2.15. The van der Waals surface area contributed by atoms with Crippen LogP contribution in [-0.4, -0.2) is 54.8 Å². The van der Waals surface area contributed by atoms with E-state index in [0.717, 1.165) is 5.56 Å². The van der Waals surface area contributed by atoms with Crippen molar-refractivity contribution in [2.45, 2.75) is 19.4 Å². The van der Waals surface area contributed by atoms with E-state index in [-0.39, 0.29) is 5.78 Å². The smallest absolute Gasteiger partial charge is 0.203 e. The molecule has 0 spiro atoms. The molecule has 2 heterocycles. The molecule has 0 aliphatic heterocycles. The number of nitrogens with one attached hydrogen (secondary N) is 1. The summed E-state index contributed by atoms with van der Waals surface area (Å²) < 4.78 is 21.5. The number of methoxy groups -OCH3 is 4. The molecule has 28 heavy (non-hydrogen) atoms. The van der Waals surface area contributed by atoms with Crippen LogP contribution in [0.3, 0.4) is 0 Å². The highest BCUT2D eigenvalue weighted by atomic mass is 16.5. The second-order valence-electron chi connectivity index (χ2n) is 6.61. The summed E-state index contributed by atoms with van der Waals surface area (Å²) in [6.07, 6.45) is 3.22.